The van der Waals surface area contributed by atoms with Crippen LogP contribution in [-0.4, -0.2) is 81.3 Å². The van der Waals surface area contributed by atoms with Gasteiger partial charge in [-0.3, -0.25) is 9.59 Å². The van der Waals surface area contributed by atoms with Crippen LogP contribution in [0.2, 0.25) is 0 Å². The van der Waals surface area contributed by atoms with Crippen LogP contribution in [0, 0.1) is 0 Å². The van der Waals surface area contributed by atoms with E-state index in [0.717, 1.165) is 6.42 Å². The molecule has 1 unspecified atom stereocenters. The number of hydrogen-bond acceptors (Lipinski definition) is 8. The monoisotopic (exact) mass is 380 g/mol. The van der Waals surface area contributed by atoms with Crippen molar-refractivity contribution in [3.05, 3.63) is 0 Å². The first-order chi connectivity index (χ1) is 12.6. The van der Waals surface area contributed by atoms with E-state index in [2.05, 4.69) is 0 Å². The van der Waals surface area contributed by atoms with Gasteiger partial charge in [0.1, 0.15) is 6.61 Å². The van der Waals surface area contributed by atoms with E-state index in [9.17, 15) is 14.7 Å². The van der Waals surface area contributed by atoms with Gasteiger partial charge in [-0.05, 0) is 12.8 Å². The first-order valence-corrected chi connectivity index (χ1v) is 8.96. The number of aliphatic hydroxyl groups is 1. The molecule has 0 radical (unpaired) electrons. The van der Waals surface area contributed by atoms with E-state index in [-0.39, 0.29) is 32.5 Å². The van der Waals surface area contributed by atoms with Crippen LogP contribution in [0.15, 0.2) is 0 Å². The van der Waals surface area contributed by atoms with Gasteiger partial charge in [0.25, 0.3) is 0 Å². The fourth-order valence-electron chi connectivity index (χ4n) is 1.79. The molecule has 0 aromatic rings. The molecule has 0 heterocycles. The number of aliphatic hydroxyl groups excluding tert-OH is 1. The van der Waals surface area contributed by atoms with Gasteiger partial charge in [-0.15, -0.1) is 0 Å². The summed E-state index contributed by atoms with van der Waals surface area (Å²) < 4.78 is 25.8. The maximum atomic E-state index is 11.2. The number of ether oxygens (including phenoxy) is 5. The molecule has 0 aromatic carbocycles. The average molecular weight is 380 g/mol. The first kappa shape index (κ1) is 24.7. The third-order valence-corrected chi connectivity index (χ3v) is 3.08. The highest BCUT2D eigenvalue weighted by Crippen LogP contribution is 1.98. The topological polar surface area (TPSA) is 121 Å². The Labute approximate surface area is 154 Å². The number of hydrogen-bond donors (Lipinski definition) is 2. The summed E-state index contributed by atoms with van der Waals surface area (Å²) in [4.78, 5) is 21.5. The Morgan fingerprint density at radius 3 is 1.92 bits per heavy atom. The number of rotatable bonds is 19. The molecule has 1 atom stereocenters. The van der Waals surface area contributed by atoms with Crippen LogP contribution in [0.1, 0.15) is 39.0 Å². The standard InChI is InChI=1S/C17H32O9/c1-2-4-16(20)25-13-11-23-9-7-22-8-10-24-12-14-26-17(21)6-3-5-15(18)19/h16,20H,2-14H2,1H3,(H,18,19). The number of esters is 1. The highest BCUT2D eigenvalue weighted by atomic mass is 16.6. The minimum Gasteiger partial charge on any atom is -0.481 e. The van der Waals surface area contributed by atoms with E-state index in [4.69, 9.17) is 28.8 Å². The number of carboxylic acids is 1. The molecule has 0 aromatic heterocycles. The normalized spacial score (nSPS) is 12.1. The highest BCUT2D eigenvalue weighted by molar-refractivity contribution is 5.71. The first-order valence-electron chi connectivity index (χ1n) is 8.96. The fraction of sp³-hybridized carbons (Fsp3) is 0.882. The Hall–Kier alpha value is -1.26. The molecule has 0 amide bonds. The third kappa shape index (κ3) is 19.1. The van der Waals surface area contributed by atoms with Crippen LogP contribution >= 0.6 is 0 Å². The molecule has 0 aliphatic heterocycles. The summed E-state index contributed by atoms with van der Waals surface area (Å²) in [6.07, 6.45) is 1.09. The molecule has 154 valence electrons. The molecule has 0 bridgehead atoms. The van der Waals surface area contributed by atoms with E-state index in [0.29, 0.717) is 46.1 Å². The number of aliphatic carboxylic acids is 1. The van der Waals surface area contributed by atoms with Crippen LogP contribution < -0.4 is 0 Å². The molecule has 0 saturated carbocycles. The van der Waals surface area contributed by atoms with Crippen molar-refractivity contribution >= 4 is 11.9 Å². The van der Waals surface area contributed by atoms with Gasteiger partial charge in [0.15, 0.2) is 6.29 Å². The third-order valence-electron chi connectivity index (χ3n) is 3.08. The number of carbonyl (C=O) groups excluding carboxylic acids is 1. The van der Waals surface area contributed by atoms with Gasteiger partial charge in [-0.2, -0.15) is 0 Å². The van der Waals surface area contributed by atoms with Gasteiger partial charge in [0, 0.05) is 12.8 Å². The summed E-state index contributed by atoms with van der Waals surface area (Å²) >= 11 is 0. The van der Waals surface area contributed by atoms with Crippen molar-refractivity contribution in [1.29, 1.82) is 0 Å². The Morgan fingerprint density at radius 2 is 1.38 bits per heavy atom. The summed E-state index contributed by atoms with van der Waals surface area (Å²) in [7, 11) is 0. The van der Waals surface area contributed by atoms with E-state index >= 15 is 0 Å². The van der Waals surface area contributed by atoms with Crippen molar-refractivity contribution in [2.75, 3.05) is 52.9 Å². The summed E-state index contributed by atoms with van der Waals surface area (Å²) in [6.45, 7) is 4.77. The van der Waals surface area contributed by atoms with Crippen molar-refractivity contribution in [3.8, 4) is 0 Å². The van der Waals surface area contributed by atoms with Crippen LogP contribution in [-0.2, 0) is 33.3 Å². The predicted octanol–water partition coefficient (Wildman–Crippen LogP) is 0.969. The second-order valence-corrected chi connectivity index (χ2v) is 5.42. The van der Waals surface area contributed by atoms with Gasteiger partial charge < -0.3 is 33.9 Å². The summed E-state index contributed by atoms with van der Waals surface area (Å²) in [5.41, 5.74) is 0. The lowest BCUT2D eigenvalue weighted by Gasteiger charge is -2.11. The lowest BCUT2D eigenvalue weighted by atomic mass is 10.2. The van der Waals surface area contributed by atoms with Crippen molar-refractivity contribution < 1.29 is 43.5 Å². The summed E-state index contributed by atoms with van der Waals surface area (Å²) in [6, 6.07) is 0. The highest BCUT2D eigenvalue weighted by Gasteiger charge is 2.05. The maximum Gasteiger partial charge on any atom is 0.305 e. The molecule has 2 N–H and O–H groups in total. The molecular weight excluding hydrogens is 348 g/mol. The lowest BCUT2D eigenvalue weighted by Crippen LogP contribution is -2.17. The second-order valence-electron chi connectivity index (χ2n) is 5.42. The van der Waals surface area contributed by atoms with E-state index in [1.807, 2.05) is 6.92 Å². The van der Waals surface area contributed by atoms with Crippen molar-refractivity contribution in [2.45, 2.75) is 45.3 Å². The summed E-state index contributed by atoms with van der Waals surface area (Å²) in [5, 5.41) is 17.8. The molecule has 0 aliphatic rings. The van der Waals surface area contributed by atoms with Gasteiger partial charge >= 0.3 is 11.9 Å². The second kappa shape index (κ2) is 18.5. The van der Waals surface area contributed by atoms with E-state index in [1.54, 1.807) is 0 Å². The Kier molecular flexibility index (Phi) is 17.6. The SMILES string of the molecule is CCCC(O)OCCOCCOCCOCCOC(=O)CCCC(=O)O. The molecular formula is C17H32O9. The van der Waals surface area contributed by atoms with Gasteiger partial charge in [0.05, 0.1) is 46.2 Å². The largest absolute Gasteiger partial charge is 0.481 e. The zero-order chi connectivity index (χ0) is 19.5. The van der Waals surface area contributed by atoms with Crippen LogP contribution in [0.4, 0.5) is 0 Å². The molecule has 0 saturated heterocycles. The average Bonchev–Trinajstić information content (AvgIpc) is 2.59. The zero-order valence-electron chi connectivity index (χ0n) is 15.5. The molecule has 26 heavy (non-hydrogen) atoms. The van der Waals surface area contributed by atoms with Crippen LogP contribution in [0.3, 0.4) is 0 Å². The van der Waals surface area contributed by atoms with E-state index < -0.39 is 18.2 Å². The molecule has 0 aliphatic carbocycles. The minimum atomic E-state index is -0.925. The van der Waals surface area contributed by atoms with Crippen LogP contribution in [0.5, 0.6) is 0 Å². The number of carbonyl (C=O) groups is 2. The fourth-order valence-corrected chi connectivity index (χ4v) is 1.79. The zero-order valence-corrected chi connectivity index (χ0v) is 15.5. The molecule has 0 rings (SSSR count). The van der Waals surface area contributed by atoms with Crippen LogP contribution in [0.25, 0.3) is 0 Å². The van der Waals surface area contributed by atoms with Crippen molar-refractivity contribution in [2.24, 2.45) is 0 Å². The lowest BCUT2D eigenvalue weighted by molar-refractivity contribution is -0.145. The van der Waals surface area contributed by atoms with E-state index in [1.165, 1.54) is 0 Å². The smallest absolute Gasteiger partial charge is 0.305 e. The van der Waals surface area contributed by atoms with Crippen molar-refractivity contribution in [3.63, 3.8) is 0 Å². The van der Waals surface area contributed by atoms with Gasteiger partial charge in [-0.25, -0.2) is 0 Å². The van der Waals surface area contributed by atoms with Crippen molar-refractivity contribution in [1.82, 2.24) is 0 Å². The summed E-state index contributed by atoms with van der Waals surface area (Å²) in [5.74, 6) is -1.35. The molecule has 0 spiro atoms. The Morgan fingerprint density at radius 1 is 0.846 bits per heavy atom. The molecule has 0 fully saturated rings. The Bertz CT molecular complexity index is 349. The predicted molar refractivity (Wildman–Crippen MR) is 91.8 cm³/mol. The minimum absolute atomic E-state index is 0.0412. The maximum absolute atomic E-state index is 11.2. The quantitative estimate of drug-likeness (QED) is 0.192. The molecule has 9 heteroatoms. The van der Waals surface area contributed by atoms with Gasteiger partial charge in [0.2, 0.25) is 0 Å². The number of carboxylic acid groups (broad SMARTS) is 1. The Balaban J connectivity index is 3.17. The van der Waals surface area contributed by atoms with Gasteiger partial charge in [-0.1, -0.05) is 13.3 Å². The molecule has 9 nitrogen and oxygen atoms in total.